The predicted molar refractivity (Wildman–Crippen MR) is 81.0 cm³/mol. The second-order valence-corrected chi connectivity index (χ2v) is 6.37. The molecule has 2 rings (SSSR count). The van der Waals surface area contributed by atoms with Gasteiger partial charge in [0.2, 0.25) is 5.91 Å². The highest BCUT2D eigenvalue weighted by Gasteiger charge is 2.32. The van der Waals surface area contributed by atoms with Crippen molar-refractivity contribution in [2.45, 2.75) is 37.6 Å². The van der Waals surface area contributed by atoms with Crippen molar-refractivity contribution in [2.75, 3.05) is 0 Å². The summed E-state index contributed by atoms with van der Waals surface area (Å²) < 4.78 is 13.7. The molecule has 1 saturated heterocycles. The van der Waals surface area contributed by atoms with Crippen molar-refractivity contribution in [2.24, 2.45) is 5.92 Å². The molecule has 3 nitrogen and oxygen atoms in total. The number of nitrogens with one attached hydrogen (secondary N) is 2. The number of benzene rings is 1. The predicted octanol–water partition coefficient (Wildman–Crippen LogP) is 3.13. The Balaban J connectivity index is 1.97. The summed E-state index contributed by atoms with van der Waals surface area (Å²) >= 11 is 7.42. The molecule has 0 radical (unpaired) electrons. The summed E-state index contributed by atoms with van der Waals surface area (Å²) in [6, 6.07) is 4.76. The monoisotopic (exact) mass is 316 g/mol. The molecule has 2 N–H and O–H groups in total. The summed E-state index contributed by atoms with van der Waals surface area (Å²) in [6.45, 7) is 3.99. The van der Waals surface area contributed by atoms with Crippen LogP contribution >= 0.6 is 23.4 Å². The van der Waals surface area contributed by atoms with Crippen molar-refractivity contribution in [3.63, 3.8) is 0 Å². The molecule has 1 fully saturated rings. The third-order valence-corrected chi connectivity index (χ3v) is 4.92. The smallest absolute Gasteiger partial charge is 0.226 e. The van der Waals surface area contributed by atoms with Gasteiger partial charge in [0.05, 0.1) is 5.92 Å². The Morgan fingerprint density at radius 3 is 2.80 bits per heavy atom. The van der Waals surface area contributed by atoms with E-state index in [-0.39, 0.29) is 29.2 Å². The topological polar surface area (TPSA) is 41.1 Å². The average Bonchev–Trinajstić information content (AvgIpc) is 2.38. The van der Waals surface area contributed by atoms with E-state index in [0.717, 1.165) is 6.42 Å². The summed E-state index contributed by atoms with van der Waals surface area (Å²) in [5.41, 5.74) is 0.261. The van der Waals surface area contributed by atoms with Crippen molar-refractivity contribution < 1.29 is 9.18 Å². The van der Waals surface area contributed by atoms with Crippen LogP contribution in [0.3, 0.4) is 0 Å². The number of halogens is 2. The van der Waals surface area contributed by atoms with E-state index >= 15 is 0 Å². The van der Waals surface area contributed by atoms with Crippen molar-refractivity contribution in [3.05, 3.63) is 34.6 Å². The van der Waals surface area contributed by atoms with Crippen LogP contribution in [0.2, 0.25) is 5.02 Å². The Hall–Kier alpha value is -0.780. The zero-order valence-electron chi connectivity index (χ0n) is 11.5. The van der Waals surface area contributed by atoms with Gasteiger partial charge in [-0.3, -0.25) is 10.1 Å². The van der Waals surface area contributed by atoms with Crippen molar-refractivity contribution in [3.8, 4) is 0 Å². The number of thioether (sulfide) groups is 1. The minimum absolute atomic E-state index is 0.0103. The standard InChI is InChI=1S/C14H18ClFN2OS/c1-3-9-8(2)17-14(18-13(9)19)20-7-10-11(15)5-4-6-12(10)16/h4-6,8-9,14,17H,3,7H2,1-2H3,(H,18,19). The van der Waals surface area contributed by atoms with Crippen LogP contribution in [0.5, 0.6) is 0 Å². The molecule has 0 aliphatic carbocycles. The van der Waals surface area contributed by atoms with Crippen LogP contribution in [0, 0.1) is 11.7 Å². The van der Waals surface area contributed by atoms with E-state index in [1.54, 1.807) is 12.1 Å². The summed E-state index contributed by atoms with van der Waals surface area (Å²) in [4.78, 5) is 11.9. The van der Waals surface area contributed by atoms with Gasteiger partial charge in [-0.1, -0.05) is 24.6 Å². The van der Waals surface area contributed by atoms with Gasteiger partial charge in [-0.15, -0.1) is 11.8 Å². The minimum atomic E-state index is -0.313. The summed E-state index contributed by atoms with van der Waals surface area (Å²) in [7, 11) is 0. The number of rotatable bonds is 4. The van der Waals surface area contributed by atoms with E-state index in [2.05, 4.69) is 10.6 Å². The van der Waals surface area contributed by atoms with Crippen LogP contribution in [0.25, 0.3) is 0 Å². The molecular weight excluding hydrogens is 299 g/mol. The fraction of sp³-hybridized carbons (Fsp3) is 0.500. The molecule has 1 heterocycles. The molecule has 1 aromatic rings. The largest absolute Gasteiger partial charge is 0.331 e. The lowest BCUT2D eigenvalue weighted by Crippen LogP contribution is -2.58. The average molecular weight is 317 g/mol. The van der Waals surface area contributed by atoms with Gasteiger partial charge < -0.3 is 5.32 Å². The Kier molecular flexibility index (Phi) is 5.29. The van der Waals surface area contributed by atoms with Crippen molar-refractivity contribution in [1.82, 2.24) is 10.6 Å². The molecule has 1 aromatic carbocycles. The quantitative estimate of drug-likeness (QED) is 0.896. The lowest BCUT2D eigenvalue weighted by Gasteiger charge is -2.34. The summed E-state index contributed by atoms with van der Waals surface area (Å²) in [5, 5.41) is 6.64. The first-order valence-corrected chi connectivity index (χ1v) is 8.06. The number of amides is 1. The second kappa shape index (κ2) is 6.78. The Labute approximate surface area is 127 Å². The third kappa shape index (κ3) is 3.45. The number of hydrogen-bond donors (Lipinski definition) is 2. The number of carbonyl (C=O) groups is 1. The van der Waals surface area contributed by atoms with Crippen LogP contribution in [-0.4, -0.2) is 17.4 Å². The molecule has 110 valence electrons. The zero-order chi connectivity index (χ0) is 14.7. The van der Waals surface area contributed by atoms with Gasteiger partial charge in [-0.05, 0) is 25.5 Å². The highest BCUT2D eigenvalue weighted by Crippen LogP contribution is 2.26. The summed E-state index contributed by atoms with van der Waals surface area (Å²) in [6.07, 6.45) is 0.802. The normalized spacial score (nSPS) is 26.4. The van der Waals surface area contributed by atoms with Gasteiger partial charge in [-0.2, -0.15) is 0 Å². The second-order valence-electron chi connectivity index (χ2n) is 4.87. The SMILES string of the molecule is CCC1C(=O)NC(SCc2c(F)cccc2Cl)NC1C. The third-order valence-electron chi connectivity index (χ3n) is 3.52. The molecule has 1 amide bonds. The molecule has 6 heteroatoms. The molecule has 1 aliphatic rings. The lowest BCUT2D eigenvalue weighted by molar-refractivity contribution is -0.128. The molecule has 0 saturated carbocycles. The molecule has 20 heavy (non-hydrogen) atoms. The van der Waals surface area contributed by atoms with Crippen LogP contribution in [0.4, 0.5) is 4.39 Å². The Bertz CT molecular complexity index is 480. The maximum absolute atomic E-state index is 13.7. The van der Waals surface area contributed by atoms with Gasteiger partial charge in [-0.25, -0.2) is 4.39 Å². The molecule has 0 bridgehead atoms. The molecule has 0 spiro atoms. The zero-order valence-corrected chi connectivity index (χ0v) is 13.0. The highest BCUT2D eigenvalue weighted by molar-refractivity contribution is 7.99. The van der Waals surface area contributed by atoms with E-state index < -0.39 is 0 Å². The highest BCUT2D eigenvalue weighted by atomic mass is 35.5. The molecule has 0 aromatic heterocycles. The molecule has 1 aliphatic heterocycles. The van der Waals surface area contributed by atoms with Crippen LogP contribution in [0.1, 0.15) is 25.8 Å². The minimum Gasteiger partial charge on any atom is -0.331 e. The van der Waals surface area contributed by atoms with Gasteiger partial charge >= 0.3 is 0 Å². The van der Waals surface area contributed by atoms with Crippen LogP contribution in [-0.2, 0) is 10.5 Å². The first-order chi connectivity index (χ1) is 9.52. The molecular formula is C14H18ClFN2OS. The molecule has 3 unspecified atom stereocenters. The van der Waals surface area contributed by atoms with Gasteiger partial charge in [0.1, 0.15) is 11.3 Å². The van der Waals surface area contributed by atoms with E-state index in [4.69, 9.17) is 11.6 Å². The number of carbonyl (C=O) groups excluding carboxylic acids is 1. The van der Waals surface area contributed by atoms with Crippen LogP contribution in [0.15, 0.2) is 18.2 Å². The van der Waals surface area contributed by atoms with Crippen LogP contribution < -0.4 is 10.6 Å². The lowest BCUT2D eigenvalue weighted by atomic mass is 9.96. The van der Waals surface area contributed by atoms with E-state index in [1.807, 2.05) is 13.8 Å². The first kappa shape index (κ1) is 15.6. The van der Waals surface area contributed by atoms with Crippen molar-refractivity contribution >= 4 is 29.3 Å². The van der Waals surface area contributed by atoms with E-state index in [9.17, 15) is 9.18 Å². The molecule has 3 atom stereocenters. The van der Waals surface area contributed by atoms with Gasteiger partial charge in [0.15, 0.2) is 0 Å². The number of hydrogen-bond acceptors (Lipinski definition) is 3. The maximum Gasteiger partial charge on any atom is 0.226 e. The fourth-order valence-electron chi connectivity index (χ4n) is 2.33. The fourth-order valence-corrected chi connectivity index (χ4v) is 3.77. The van der Waals surface area contributed by atoms with E-state index in [0.29, 0.717) is 16.3 Å². The maximum atomic E-state index is 13.7. The first-order valence-electron chi connectivity index (χ1n) is 6.63. The van der Waals surface area contributed by atoms with Gasteiger partial charge in [0, 0.05) is 22.4 Å². The summed E-state index contributed by atoms with van der Waals surface area (Å²) in [5.74, 6) is 0.138. The Morgan fingerprint density at radius 2 is 2.20 bits per heavy atom. The van der Waals surface area contributed by atoms with Crippen molar-refractivity contribution in [1.29, 1.82) is 0 Å². The van der Waals surface area contributed by atoms with E-state index in [1.165, 1.54) is 17.8 Å². The Morgan fingerprint density at radius 1 is 1.45 bits per heavy atom. The van der Waals surface area contributed by atoms with Gasteiger partial charge in [0.25, 0.3) is 0 Å².